The molecule has 3 rings (SSSR count). The Morgan fingerprint density at radius 3 is 2.57 bits per heavy atom. The van der Waals surface area contributed by atoms with Crippen LogP contribution in [0.15, 0.2) is 54.1 Å². The minimum atomic E-state index is -0.559. The summed E-state index contributed by atoms with van der Waals surface area (Å²) < 4.78 is 5.91. The standard InChI is InChI=1S/C21H19ClN2O3S/c1-3-13(2)27-18-11-7-4-8-14(18)12-15-19(25)23-21(28)24(20(15)26)17-10-6-5-9-16(17)22/h4-13H,3H2,1-2H3,(H,23,25,28)/b15-12+/t13-/m0/s1. The van der Waals surface area contributed by atoms with E-state index in [-0.39, 0.29) is 16.8 Å². The number of hydrogen-bond acceptors (Lipinski definition) is 4. The number of halogens is 1. The third kappa shape index (κ3) is 4.08. The minimum Gasteiger partial charge on any atom is -0.490 e. The summed E-state index contributed by atoms with van der Waals surface area (Å²) in [5, 5.41) is 2.90. The van der Waals surface area contributed by atoms with Crippen LogP contribution in [0, 0.1) is 0 Å². The molecule has 0 bridgehead atoms. The molecule has 1 aliphatic rings. The molecule has 5 nitrogen and oxygen atoms in total. The van der Waals surface area contributed by atoms with E-state index in [1.54, 1.807) is 36.4 Å². The van der Waals surface area contributed by atoms with Gasteiger partial charge in [-0.25, -0.2) is 0 Å². The molecule has 28 heavy (non-hydrogen) atoms. The number of carbonyl (C=O) groups is 2. The first-order chi connectivity index (χ1) is 13.4. The quantitative estimate of drug-likeness (QED) is 0.449. The highest BCUT2D eigenvalue weighted by Gasteiger charge is 2.35. The monoisotopic (exact) mass is 414 g/mol. The maximum Gasteiger partial charge on any atom is 0.270 e. The van der Waals surface area contributed by atoms with Crippen molar-refractivity contribution in [2.45, 2.75) is 26.4 Å². The van der Waals surface area contributed by atoms with Crippen LogP contribution in [0.25, 0.3) is 6.08 Å². The predicted octanol–water partition coefficient (Wildman–Crippen LogP) is 4.35. The van der Waals surface area contributed by atoms with Gasteiger partial charge in [-0.1, -0.05) is 48.9 Å². The molecule has 1 fully saturated rings. The summed E-state index contributed by atoms with van der Waals surface area (Å²) in [7, 11) is 0. The Balaban J connectivity index is 2.02. The van der Waals surface area contributed by atoms with Crippen LogP contribution < -0.4 is 15.0 Å². The fourth-order valence-electron chi connectivity index (χ4n) is 2.67. The second-order valence-corrected chi connectivity index (χ2v) is 7.08. The topological polar surface area (TPSA) is 58.6 Å². The maximum atomic E-state index is 13.1. The number of nitrogens with zero attached hydrogens (tertiary/aromatic N) is 1. The highest BCUT2D eigenvalue weighted by Crippen LogP contribution is 2.30. The lowest BCUT2D eigenvalue weighted by molar-refractivity contribution is -0.122. The summed E-state index contributed by atoms with van der Waals surface area (Å²) in [6, 6.07) is 14.1. The largest absolute Gasteiger partial charge is 0.490 e. The Morgan fingerprint density at radius 1 is 1.18 bits per heavy atom. The molecular weight excluding hydrogens is 396 g/mol. The number of anilines is 1. The van der Waals surface area contributed by atoms with E-state index in [9.17, 15) is 9.59 Å². The van der Waals surface area contributed by atoms with Crippen LogP contribution in [0.2, 0.25) is 5.02 Å². The van der Waals surface area contributed by atoms with E-state index in [2.05, 4.69) is 5.32 Å². The molecular formula is C21H19ClN2O3S. The summed E-state index contributed by atoms with van der Waals surface area (Å²) in [5.41, 5.74) is 0.996. The van der Waals surface area contributed by atoms with Crippen LogP contribution in [0.1, 0.15) is 25.8 Å². The van der Waals surface area contributed by atoms with Crippen LogP contribution >= 0.6 is 23.8 Å². The molecule has 1 N–H and O–H groups in total. The lowest BCUT2D eigenvalue weighted by Gasteiger charge is -2.29. The zero-order chi connectivity index (χ0) is 20.3. The van der Waals surface area contributed by atoms with E-state index in [0.29, 0.717) is 22.0 Å². The number of para-hydroxylation sites is 2. The molecule has 0 spiro atoms. The van der Waals surface area contributed by atoms with E-state index in [4.69, 9.17) is 28.6 Å². The van der Waals surface area contributed by atoms with Crippen molar-refractivity contribution in [1.82, 2.24) is 5.32 Å². The van der Waals surface area contributed by atoms with E-state index in [1.807, 2.05) is 26.0 Å². The Bertz CT molecular complexity index is 974. The average molecular weight is 415 g/mol. The molecule has 0 aliphatic carbocycles. The van der Waals surface area contributed by atoms with Crippen LogP contribution in [-0.2, 0) is 9.59 Å². The number of benzene rings is 2. The van der Waals surface area contributed by atoms with Gasteiger partial charge in [0.25, 0.3) is 11.8 Å². The number of thiocarbonyl (C=S) groups is 1. The van der Waals surface area contributed by atoms with Crippen molar-refractivity contribution in [3.8, 4) is 5.75 Å². The van der Waals surface area contributed by atoms with Gasteiger partial charge < -0.3 is 4.74 Å². The van der Waals surface area contributed by atoms with Crippen LogP contribution in [-0.4, -0.2) is 23.0 Å². The van der Waals surface area contributed by atoms with Crippen molar-refractivity contribution in [2.24, 2.45) is 0 Å². The molecule has 0 saturated carbocycles. The van der Waals surface area contributed by atoms with Gasteiger partial charge >= 0.3 is 0 Å². The van der Waals surface area contributed by atoms with Gasteiger partial charge in [-0.15, -0.1) is 0 Å². The van der Waals surface area contributed by atoms with Crippen LogP contribution in [0.4, 0.5) is 5.69 Å². The van der Waals surface area contributed by atoms with E-state index in [1.165, 1.54) is 11.0 Å². The molecule has 2 aromatic rings. The van der Waals surface area contributed by atoms with Crippen molar-refractivity contribution in [3.63, 3.8) is 0 Å². The zero-order valence-electron chi connectivity index (χ0n) is 15.4. The highest BCUT2D eigenvalue weighted by molar-refractivity contribution is 7.80. The van der Waals surface area contributed by atoms with Crippen molar-refractivity contribution in [3.05, 3.63) is 64.7 Å². The molecule has 0 unspecified atom stereocenters. The fourth-order valence-corrected chi connectivity index (χ4v) is 3.17. The number of ether oxygens (including phenoxy) is 1. The Kier molecular flexibility index (Phi) is 6.11. The van der Waals surface area contributed by atoms with Crippen molar-refractivity contribution < 1.29 is 14.3 Å². The first-order valence-electron chi connectivity index (χ1n) is 8.84. The van der Waals surface area contributed by atoms with Crippen molar-refractivity contribution >= 4 is 52.5 Å². The van der Waals surface area contributed by atoms with Gasteiger partial charge in [-0.3, -0.25) is 19.8 Å². The van der Waals surface area contributed by atoms with Crippen molar-refractivity contribution in [1.29, 1.82) is 0 Å². The third-order valence-corrected chi connectivity index (χ3v) is 4.92. The number of nitrogens with one attached hydrogen (secondary N) is 1. The summed E-state index contributed by atoms with van der Waals surface area (Å²) in [6.45, 7) is 3.98. The van der Waals surface area contributed by atoms with Gasteiger partial charge in [0.15, 0.2) is 5.11 Å². The highest BCUT2D eigenvalue weighted by atomic mass is 35.5. The van der Waals surface area contributed by atoms with Crippen molar-refractivity contribution in [2.75, 3.05) is 4.90 Å². The normalized spacial score (nSPS) is 16.9. The Hall–Kier alpha value is -2.70. The van der Waals surface area contributed by atoms with Crippen LogP contribution in [0.5, 0.6) is 5.75 Å². The molecule has 2 amide bonds. The first-order valence-corrected chi connectivity index (χ1v) is 9.62. The first kappa shape index (κ1) is 20.0. The Morgan fingerprint density at radius 2 is 1.86 bits per heavy atom. The van der Waals surface area contributed by atoms with E-state index in [0.717, 1.165) is 6.42 Å². The summed E-state index contributed by atoms with van der Waals surface area (Å²) in [6.07, 6.45) is 2.35. The predicted molar refractivity (Wildman–Crippen MR) is 114 cm³/mol. The fraction of sp³-hybridized carbons (Fsp3) is 0.190. The SMILES string of the molecule is CC[C@H](C)Oc1ccccc1/C=C1\C(=O)NC(=S)N(c2ccccc2Cl)C1=O. The molecule has 1 saturated heterocycles. The number of carbonyl (C=O) groups excluding carboxylic acids is 2. The van der Waals surface area contributed by atoms with Gasteiger partial charge in [0, 0.05) is 5.56 Å². The third-order valence-electron chi connectivity index (χ3n) is 4.32. The lowest BCUT2D eigenvalue weighted by atomic mass is 10.1. The maximum absolute atomic E-state index is 13.1. The molecule has 1 heterocycles. The zero-order valence-corrected chi connectivity index (χ0v) is 17.0. The lowest BCUT2D eigenvalue weighted by Crippen LogP contribution is -2.54. The Labute approximate surface area is 173 Å². The number of amides is 2. The summed E-state index contributed by atoms with van der Waals surface area (Å²) >= 11 is 11.4. The average Bonchev–Trinajstić information content (AvgIpc) is 2.67. The van der Waals surface area contributed by atoms with Gasteiger partial charge in [0.2, 0.25) is 0 Å². The number of hydrogen-bond donors (Lipinski definition) is 1. The van der Waals surface area contributed by atoms with Gasteiger partial charge in [0.05, 0.1) is 16.8 Å². The van der Waals surface area contributed by atoms with Gasteiger partial charge in [0.1, 0.15) is 11.3 Å². The molecule has 1 atom stereocenters. The van der Waals surface area contributed by atoms with Gasteiger partial charge in [-0.2, -0.15) is 0 Å². The van der Waals surface area contributed by atoms with Crippen LogP contribution in [0.3, 0.4) is 0 Å². The molecule has 0 radical (unpaired) electrons. The summed E-state index contributed by atoms with van der Waals surface area (Å²) in [5.74, 6) is -0.501. The van der Waals surface area contributed by atoms with E-state index >= 15 is 0 Å². The second kappa shape index (κ2) is 8.54. The summed E-state index contributed by atoms with van der Waals surface area (Å²) in [4.78, 5) is 26.8. The molecule has 1 aliphatic heterocycles. The van der Waals surface area contributed by atoms with E-state index < -0.39 is 11.8 Å². The molecule has 7 heteroatoms. The minimum absolute atomic E-state index is 0.00244. The molecule has 0 aromatic heterocycles. The second-order valence-electron chi connectivity index (χ2n) is 6.28. The number of rotatable bonds is 5. The molecule has 2 aromatic carbocycles. The van der Waals surface area contributed by atoms with Gasteiger partial charge in [-0.05, 0) is 49.8 Å². The smallest absolute Gasteiger partial charge is 0.270 e. The molecule has 144 valence electrons.